The van der Waals surface area contributed by atoms with Gasteiger partial charge in [-0.25, -0.2) is 0 Å². The van der Waals surface area contributed by atoms with Crippen LogP contribution in [0.5, 0.6) is 0 Å². The monoisotopic (exact) mass is 289 g/mol. The Morgan fingerprint density at radius 3 is 2.67 bits per heavy atom. The van der Waals surface area contributed by atoms with Crippen LogP contribution in [0.3, 0.4) is 0 Å². The van der Waals surface area contributed by atoms with Gasteiger partial charge in [-0.05, 0) is 59.3 Å². The van der Waals surface area contributed by atoms with Gasteiger partial charge in [0.1, 0.15) is 0 Å². The van der Waals surface area contributed by atoms with Crippen molar-refractivity contribution in [2.75, 3.05) is 19.8 Å². The molecule has 0 unspecified atom stereocenters. The van der Waals surface area contributed by atoms with Gasteiger partial charge in [-0.1, -0.05) is 0 Å². The fourth-order valence-electron chi connectivity index (χ4n) is 2.07. The van der Waals surface area contributed by atoms with E-state index >= 15 is 0 Å². The number of nitrogens with two attached hydrogens (primary N) is 1. The van der Waals surface area contributed by atoms with E-state index in [1.807, 2.05) is 11.3 Å². The fraction of sp³-hybridized carbons (Fsp3) is 0.636. The molecule has 1 saturated heterocycles. The summed E-state index contributed by atoms with van der Waals surface area (Å²) in [7, 11) is 0. The van der Waals surface area contributed by atoms with Crippen molar-refractivity contribution in [3.63, 3.8) is 0 Å². The molecule has 1 aliphatic rings. The lowest BCUT2D eigenvalue weighted by atomic mass is 9.77. The minimum absolute atomic E-state index is 0.280. The molecule has 0 aromatic carbocycles. The summed E-state index contributed by atoms with van der Waals surface area (Å²) in [6.07, 6.45) is 3.29. The lowest BCUT2D eigenvalue weighted by molar-refractivity contribution is 0.0195. The average Bonchev–Trinajstić information content (AvgIpc) is 2.65. The van der Waals surface area contributed by atoms with Gasteiger partial charge in [0.25, 0.3) is 0 Å². The summed E-state index contributed by atoms with van der Waals surface area (Å²) in [6, 6.07) is 4.31. The molecule has 2 N–H and O–H groups in total. The number of hydrogen-bond acceptors (Lipinski definition) is 3. The van der Waals surface area contributed by atoms with E-state index in [9.17, 15) is 0 Å². The van der Waals surface area contributed by atoms with Gasteiger partial charge in [-0.15, -0.1) is 11.3 Å². The molecule has 0 aliphatic carbocycles. The highest BCUT2D eigenvalue weighted by molar-refractivity contribution is 9.11. The van der Waals surface area contributed by atoms with Gasteiger partial charge >= 0.3 is 0 Å². The van der Waals surface area contributed by atoms with Crippen molar-refractivity contribution in [1.82, 2.24) is 0 Å². The lowest BCUT2D eigenvalue weighted by Gasteiger charge is -2.35. The molecular formula is C11H16BrNOS. The van der Waals surface area contributed by atoms with E-state index in [1.165, 1.54) is 8.66 Å². The van der Waals surface area contributed by atoms with Gasteiger partial charge in [-0.2, -0.15) is 0 Å². The zero-order valence-electron chi connectivity index (χ0n) is 8.67. The van der Waals surface area contributed by atoms with Crippen LogP contribution in [-0.2, 0) is 11.2 Å². The summed E-state index contributed by atoms with van der Waals surface area (Å²) in [5, 5.41) is 0. The molecule has 0 bridgehead atoms. The van der Waals surface area contributed by atoms with Crippen molar-refractivity contribution in [1.29, 1.82) is 0 Å². The van der Waals surface area contributed by atoms with E-state index in [-0.39, 0.29) is 5.41 Å². The predicted octanol–water partition coefficient (Wildman–Crippen LogP) is 2.81. The summed E-state index contributed by atoms with van der Waals surface area (Å²) >= 11 is 5.31. The molecular weight excluding hydrogens is 274 g/mol. The SMILES string of the molecule is NCC1(Cc2ccc(Br)s2)CCOCC1. The van der Waals surface area contributed by atoms with Gasteiger partial charge in [0.15, 0.2) is 0 Å². The average molecular weight is 290 g/mol. The van der Waals surface area contributed by atoms with Crippen LogP contribution in [0.15, 0.2) is 15.9 Å². The highest BCUT2D eigenvalue weighted by Crippen LogP contribution is 2.36. The first-order valence-electron chi connectivity index (χ1n) is 5.26. The molecule has 2 heterocycles. The van der Waals surface area contributed by atoms with Crippen LogP contribution in [0.2, 0.25) is 0 Å². The van der Waals surface area contributed by atoms with E-state index in [4.69, 9.17) is 10.5 Å². The second-order valence-corrected chi connectivity index (χ2v) is 6.75. The van der Waals surface area contributed by atoms with Gasteiger partial charge in [-0.3, -0.25) is 0 Å². The molecule has 2 nitrogen and oxygen atoms in total. The number of rotatable bonds is 3. The van der Waals surface area contributed by atoms with Crippen molar-refractivity contribution in [2.45, 2.75) is 19.3 Å². The van der Waals surface area contributed by atoms with E-state index in [0.29, 0.717) is 0 Å². The number of thiophene rings is 1. The second-order valence-electron chi connectivity index (χ2n) is 4.20. The Kier molecular flexibility index (Phi) is 3.83. The molecule has 1 aliphatic heterocycles. The van der Waals surface area contributed by atoms with Gasteiger partial charge in [0.05, 0.1) is 3.79 Å². The summed E-state index contributed by atoms with van der Waals surface area (Å²) in [5.41, 5.74) is 6.21. The molecule has 1 aromatic heterocycles. The van der Waals surface area contributed by atoms with Crippen LogP contribution in [0.25, 0.3) is 0 Å². The van der Waals surface area contributed by atoms with E-state index in [2.05, 4.69) is 28.1 Å². The first kappa shape index (κ1) is 11.6. The Morgan fingerprint density at radius 2 is 2.13 bits per heavy atom. The molecule has 1 fully saturated rings. The highest BCUT2D eigenvalue weighted by Gasteiger charge is 2.31. The summed E-state index contributed by atoms with van der Waals surface area (Å²) in [4.78, 5) is 1.43. The van der Waals surface area contributed by atoms with Crippen LogP contribution in [0.4, 0.5) is 0 Å². The zero-order valence-corrected chi connectivity index (χ0v) is 11.1. The van der Waals surface area contributed by atoms with Crippen LogP contribution in [-0.4, -0.2) is 19.8 Å². The first-order valence-corrected chi connectivity index (χ1v) is 6.87. The first-order chi connectivity index (χ1) is 7.24. The summed E-state index contributed by atoms with van der Waals surface area (Å²) < 4.78 is 6.61. The fourth-order valence-corrected chi connectivity index (χ4v) is 3.73. The maximum absolute atomic E-state index is 5.93. The molecule has 0 radical (unpaired) electrons. The topological polar surface area (TPSA) is 35.2 Å². The predicted molar refractivity (Wildman–Crippen MR) is 67.3 cm³/mol. The Hall–Kier alpha value is 0.1000. The largest absolute Gasteiger partial charge is 0.381 e. The lowest BCUT2D eigenvalue weighted by Crippen LogP contribution is -2.38. The smallest absolute Gasteiger partial charge is 0.0701 e. The normalized spacial score (nSPS) is 20.4. The molecule has 2 rings (SSSR count). The summed E-state index contributed by atoms with van der Waals surface area (Å²) in [5.74, 6) is 0. The Balaban J connectivity index is 2.06. The van der Waals surface area contributed by atoms with Crippen LogP contribution in [0.1, 0.15) is 17.7 Å². The molecule has 1 aromatic rings. The van der Waals surface area contributed by atoms with Gasteiger partial charge in [0, 0.05) is 18.1 Å². The van der Waals surface area contributed by atoms with Crippen molar-refractivity contribution in [3.8, 4) is 0 Å². The van der Waals surface area contributed by atoms with Crippen LogP contribution in [0, 0.1) is 5.41 Å². The standard InChI is InChI=1S/C11H16BrNOS/c12-10-2-1-9(15-10)7-11(8-13)3-5-14-6-4-11/h1-2H,3-8,13H2. The molecule has 15 heavy (non-hydrogen) atoms. The third-order valence-electron chi connectivity index (χ3n) is 3.16. The van der Waals surface area contributed by atoms with Crippen LogP contribution < -0.4 is 5.73 Å². The number of hydrogen-bond donors (Lipinski definition) is 1. The molecule has 0 spiro atoms. The van der Waals surface area contributed by atoms with Gasteiger partial charge < -0.3 is 10.5 Å². The van der Waals surface area contributed by atoms with Crippen molar-refractivity contribution < 1.29 is 4.74 Å². The molecule has 4 heteroatoms. The molecule has 84 valence electrons. The molecule has 0 saturated carbocycles. The van der Waals surface area contributed by atoms with Crippen molar-refractivity contribution >= 4 is 27.3 Å². The van der Waals surface area contributed by atoms with E-state index in [1.54, 1.807) is 0 Å². The Morgan fingerprint density at radius 1 is 1.40 bits per heavy atom. The zero-order chi connectivity index (χ0) is 10.7. The Labute approximate surface area is 103 Å². The highest BCUT2D eigenvalue weighted by atomic mass is 79.9. The maximum atomic E-state index is 5.93. The number of halogens is 1. The minimum Gasteiger partial charge on any atom is -0.381 e. The quantitative estimate of drug-likeness (QED) is 0.929. The van der Waals surface area contributed by atoms with Crippen molar-refractivity contribution in [2.24, 2.45) is 11.1 Å². The van der Waals surface area contributed by atoms with Gasteiger partial charge in [0.2, 0.25) is 0 Å². The molecule has 0 amide bonds. The second kappa shape index (κ2) is 4.95. The third kappa shape index (κ3) is 2.81. The maximum Gasteiger partial charge on any atom is 0.0701 e. The summed E-state index contributed by atoms with van der Waals surface area (Å²) in [6.45, 7) is 2.50. The number of ether oxygens (including phenoxy) is 1. The van der Waals surface area contributed by atoms with E-state index in [0.717, 1.165) is 39.0 Å². The minimum atomic E-state index is 0.280. The third-order valence-corrected chi connectivity index (χ3v) is 4.79. The van der Waals surface area contributed by atoms with Crippen LogP contribution >= 0.6 is 27.3 Å². The van der Waals surface area contributed by atoms with Crippen molar-refractivity contribution in [3.05, 3.63) is 20.8 Å². The Bertz CT molecular complexity index is 320. The molecule has 0 atom stereocenters. The van der Waals surface area contributed by atoms with E-state index < -0.39 is 0 Å².